The van der Waals surface area contributed by atoms with Crippen LogP contribution in [0.4, 0.5) is 9.52 Å². The van der Waals surface area contributed by atoms with Crippen LogP contribution in [0.1, 0.15) is 11.1 Å². The SMILES string of the molecule is Fc1ccccc1COc1ccc2ccccc2c1/C=N\Nc1nc2ccccc2s1. The van der Waals surface area contributed by atoms with Gasteiger partial charge in [-0.3, -0.25) is 5.43 Å². The number of para-hydroxylation sites is 1. The number of thiazole rings is 1. The van der Waals surface area contributed by atoms with E-state index < -0.39 is 0 Å². The maximum absolute atomic E-state index is 14.0. The maximum Gasteiger partial charge on any atom is 0.204 e. The third-order valence-electron chi connectivity index (χ3n) is 4.92. The summed E-state index contributed by atoms with van der Waals surface area (Å²) in [6, 6.07) is 26.5. The van der Waals surface area contributed by atoms with Crippen molar-refractivity contribution in [3.63, 3.8) is 0 Å². The summed E-state index contributed by atoms with van der Waals surface area (Å²) >= 11 is 1.54. The van der Waals surface area contributed by atoms with Crippen LogP contribution < -0.4 is 10.2 Å². The van der Waals surface area contributed by atoms with Gasteiger partial charge in [-0.1, -0.05) is 72.0 Å². The molecule has 4 nitrogen and oxygen atoms in total. The Bertz CT molecular complexity index is 1360. The van der Waals surface area contributed by atoms with Crippen molar-refractivity contribution in [2.24, 2.45) is 5.10 Å². The van der Waals surface area contributed by atoms with E-state index in [1.165, 1.54) is 6.07 Å². The lowest BCUT2D eigenvalue weighted by Crippen LogP contribution is -2.01. The molecule has 1 heterocycles. The molecule has 0 saturated carbocycles. The Hall–Kier alpha value is -3.77. The number of nitrogens with zero attached hydrogens (tertiary/aromatic N) is 2. The number of hydrogen-bond acceptors (Lipinski definition) is 5. The van der Waals surface area contributed by atoms with Gasteiger partial charge in [-0.2, -0.15) is 5.10 Å². The molecule has 0 saturated heterocycles. The molecule has 0 aliphatic carbocycles. The first-order chi connectivity index (χ1) is 15.3. The number of hydrogen-bond donors (Lipinski definition) is 1. The fraction of sp³-hybridized carbons (Fsp3) is 0.0400. The summed E-state index contributed by atoms with van der Waals surface area (Å²) in [4.78, 5) is 4.54. The Balaban J connectivity index is 1.44. The van der Waals surface area contributed by atoms with E-state index in [-0.39, 0.29) is 12.4 Å². The van der Waals surface area contributed by atoms with Crippen LogP contribution in [0.2, 0.25) is 0 Å². The van der Waals surface area contributed by atoms with Crippen molar-refractivity contribution >= 4 is 43.7 Å². The number of nitrogens with one attached hydrogen (secondary N) is 1. The quantitative estimate of drug-likeness (QED) is 0.245. The van der Waals surface area contributed by atoms with E-state index >= 15 is 0 Å². The number of ether oxygens (including phenoxy) is 1. The standard InChI is InChI=1S/C25H18FN3OS/c26-21-10-4-2-8-18(21)16-30-23-14-13-17-7-1-3-9-19(17)20(23)15-27-29-25-28-22-11-5-6-12-24(22)31-25/h1-15H,16H2,(H,28,29)/b27-15-. The molecule has 0 bridgehead atoms. The zero-order valence-electron chi connectivity index (χ0n) is 16.5. The molecule has 1 aromatic heterocycles. The summed E-state index contributed by atoms with van der Waals surface area (Å²) in [7, 11) is 0. The normalized spacial score (nSPS) is 11.4. The summed E-state index contributed by atoms with van der Waals surface area (Å²) < 4.78 is 21.1. The van der Waals surface area contributed by atoms with E-state index in [0.29, 0.717) is 16.4 Å². The van der Waals surface area contributed by atoms with E-state index in [2.05, 4.69) is 15.5 Å². The summed E-state index contributed by atoms with van der Waals surface area (Å²) in [6.45, 7) is 0.136. The Kier molecular flexibility index (Phi) is 5.29. The van der Waals surface area contributed by atoms with Gasteiger partial charge in [0.1, 0.15) is 18.2 Å². The van der Waals surface area contributed by atoms with Crippen LogP contribution in [0.3, 0.4) is 0 Å². The summed E-state index contributed by atoms with van der Waals surface area (Å²) in [5, 5.41) is 7.20. The molecule has 0 aliphatic heterocycles. The largest absolute Gasteiger partial charge is 0.488 e. The van der Waals surface area contributed by atoms with Crippen LogP contribution in [-0.4, -0.2) is 11.2 Å². The fourth-order valence-corrected chi connectivity index (χ4v) is 4.19. The van der Waals surface area contributed by atoms with Gasteiger partial charge in [-0.05, 0) is 35.0 Å². The first-order valence-electron chi connectivity index (χ1n) is 9.80. The van der Waals surface area contributed by atoms with Crippen LogP contribution in [0.5, 0.6) is 5.75 Å². The Morgan fingerprint density at radius 3 is 2.65 bits per heavy atom. The number of halogens is 1. The predicted octanol–water partition coefficient (Wildman–Crippen LogP) is 6.61. The van der Waals surface area contributed by atoms with E-state index in [9.17, 15) is 4.39 Å². The van der Waals surface area contributed by atoms with Crippen molar-refractivity contribution in [2.75, 3.05) is 5.43 Å². The molecule has 5 aromatic rings. The number of benzene rings is 4. The Morgan fingerprint density at radius 2 is 1.74 bits per heavy atom. The zero-order valence-corrected chi connectivity index (χ0v) is 17.3. The van der Waals surface area contributed by atoms with E-state index in [1.807, 2.05) is 60.7 Å². The Labute approximate surface area is 182 Å². The number of hydrazone groups is 1. The average molecular weight is 428 g/mol. The molecular weight excluding hydrogens is 409 g/mol. The smallest absolute Gasteiger partial charge is 0.204 e. The van der Waals surface area contributed by atoms with Crippen LogP contribution in [0.15, 0.2) is 90.0 Å². The molecule has 0 fully saturated rings. The molecule has 0 radical (unpaired) electrons. The molecule has 152 valence electrons. The van der Waals surface area contributed by atoms with Crippen molar-refractivity contribution < 1.29 is 9.13 Å². The van der Waals surface area contributed by atoms with Gasteiger partial charge in [-0.25, -0.2) is 9.37 Å². The molecule has 31 heavy (non-hydrogen) atoms. The molecule has 0 atom stereocenters. The maximum atomic E-state index is 14.0. The van der Waals surface area contributed by atoms with Crippen LogP contribution >= 0.6 is 11.3 Å². The van der Waals surface area contributed by atoms with Gasteiger partial charge in [-0.15, -0.1) is 0 Å². The molecule has 4 aromatic carbocycles. The highest BCUT2D eigenvalue weighted by Crippen LogP contribution is 2.28. The number of rotatable bonds is 6. The minimum atomic E-state index is -0.281. The summed E-state index contributed by atoms with van der Waals surface area (Å²) in [5.74, 6) is 0.354. The zero-order chi connectivity index (χ0) is 21.0. The second-order valence-electron chi connectivity index (χ2n) is 6.94. The average Bonchev–Trinajstić information content (AvgIpc) is 3.22. The van der Waals surface area contributed by atoms with Gasteiger partial charge < -0.3 is 4.74 Å². The van der Waals surface area contributed by atoms with Gasteiger partial charge in [0.2, 0.25) is 5.13 Å². The van der Waals surface area contributed by atoms with Crippen LogP contribution in [-0.2, 0) is 6.61 Å². The number of fused-ring (bicyclic) bond motifs is 2. The van der Waals surface area contributed by atoms with Gasteiger partial charge in [0.15, 0.2) is 0 Å². The van der Waals surface area contributed by atoms with Gasteiger partial charge >= 0.3 is 0 Å². The lowest BCUT2D eigenvalue weighted by molar-refractivity contribution is 0.300. The highest BCUT2D eigenvalue weighted by Gasteiger charge is 2.09. The van der Waals surface area contributed by atoms with E-state index in [1.54, 1.807) is 35.8 Å². The minimum absolute atomic E-state index is 0.136. The fourth-order valence-electron chi connectivity index (χ4n) is 3.38. The number of anilines is 1. The van der Waals surface area contributed by atoms with E-state index in [0.717, 1.165) is 26.6 Å². The highest BCUT2D eigenvalue weighted by molar-refractivity contribution is 7.22. The van der Waals surface area contributed by atoms with Crippen molar-refractivity contribution in [3.05, 3.63) is 102 Å². The van der Waals surface area contributed by atoms with Crippen molar-refractivity contribution in [1.82, 2.24) is 4.98 Å². The molecule has 1 N–H and O–H groups in total. The van der Waals surface area contributed by atoms with Gasteiger partial charge in [0.05, 0.1) is 16.4 Å². The van der Waals surface area contributed by atoms with E-state index in [4.69, 9.17) is 4.74 Å². The van der Waals surface area contributed by atoms with Crippen LogP contribution in [0.25, 0.3) is 21.0 Å². The first-order valence-corrected chi connectivity index (χ1v) is 10.6. The summed E-state index contributed by atoms with van der Waals surface area (Å²) in [6.07, 6.45) is 1.73. The lowest BCUT2D eigenvalue weighted by Gasteiger charge is -2.12. The molecule has 0 spiro atoms. The van der Waals surface area contributed by atoms with Crippen molar-refractivity contribution in [3.8, 4) is 5.75 Å². The third kappa shape index (κ3) is 4.11. The molecule has 0 unspecified atom stereocenters. The lowest BCUT2D eigenvalue weighted by atomic mass is 10.0. The molecular formula is C25H18FN3OS. The minimum Gasteiger partial charge on any atom is -0.488 e. The predicted molar refractivity (Wildman–Crippen MR) is 126 cm³/mol. The van der Waals surface area contributed by atoms with Gasteiger partial charge in [0, 0.05) is 11.1 Å². The topological polar surface area (TPSA) is 46.5 Å². The molecule has 0 amide bonds. The second kappa shape index (κ2) is 8.53. The Morgan fingerprint density at radius 1 is 0.935 bits per heavy atom. The van der Waals surface area contributed by atoms with Crippen molar-refractivity contribution in [1.29, 1.82) is 0 Å². The second-order valence-corrected chi connectivity index (χ2v) is 7.97. The first kappa shape index (κ1) is 19.2. The third-order valence-corrected chi connectivity index (χ3v) is 5.86. The molecule has 5 rings (SSSR count). The van der Waals surface area contributed by atoms with Crippen LogP contribution in [0, 0.1) is 5.82 Å². The van der Waals surface area contributed by atoms with Gasteiger partial charge in [0.25, 0.3) is 0 Å². The highest BCUT2D eigenvalue weighted by atomic mass is 32.1. The monoisotopic (exact) mass is 427 g/mol. The number of aromatic nitrogens is 1. The summed E-state index contributed by atoms with van der Waals surface area (Å²) in [5.41, 5.74) is 5.28. The molecule has 6 heteroatoms. The molecule has 0 aliphatic rings. The van der Waals surface area contributed by atoms with Crippen molar-refractivity contribution in [2.45, 2.75) is 6.61 Å².